The number of ether oxygens (including phenoxy) is 1. The summed E-state index contributed by atoms with van der Waals surface area (Å²) in [5.41, 5.74) is 0. The summed E-state index contributed by atoms with van der Waals surface area (Å²) in [5, 5.41) is 3.63. The van der Waals surface area contributed by atoms with E-state index in [0.29, 0.717) is 18.2 Å². The van der Waals surface area contributed by atoms with E-state index in [2.05, 4.69) is 31.0 Å². The van der Waals surface area contributed by atoms with Gasteiger partial charge in [0.05, 0.1) is 6.10 Å². The Kier molecular flexibility index (Phi) is 5.46. The van der Waals surface area contributed by atoms with Gasteiger partial charge in [0.2, 0.25) is 0 Å². The van der Waals surface area contributed by atoms with Gasteiger partial charge >= 0.3 is 0 Å². The van der Waals surface area contributed by atoms with E-state index in [0.717, 1.165) is 25.6 Å². The zero-order valence-electron chi connectivity index (χ0n) is 12.3. The molecule has 0 saturated carbocycles. The van der Waals surface area contributed by atoms with E-state index in [4.69, 9.17) is 4.74 Å². The normalized spacial score (nSPS) is 36.5. The van der Waals surface area contributed by atoms with Crippen molar-refractivity contribution in [3.8, 4) is 0 Å². The summed E-state index contributed by atoms with van der Waals surface area (Å²) in [6.45, 7) is 11.4. The van der Waals surface area contributed by atoms with Crippen molar-refractivity contribution in [2.24, 2.45) is 5.92 Å². The summed E-state index contributed by atoms with van der Waals surface area (Å²) in [4.78, 5) is 2.69. The highest BCUT2D eigenvalue weighted by molar-refractivity contribution is 4.88. The van der Waals surface area contributed by atoms with Crippen molar-refractivity contribution in [2.75, 3.05) is 26.2 Å². The molecule has 0 aromatic carbocycles. The van der Waals surface area contributed by atoms with E-state index in [9.17, 15) is 0 Å². The molecular weight excluding hydrogens is 224 g/mol. The number of hydrogen-bond donors (Lipinski definition) is 1. The molecular formula is C15H30N2O. The maximum atomic E-state index is 5.92. The van der Waals surface area contributed by atoms with Crippen LogP contribution in [0, 0.1) is 5.92 Å². The minimum atomic E-state index is 0.482. The molecule has 0 aromatic heterocycles. The molecule has 106 valence electrons. The average molecular weight is 254 g/mol. The molecule has 3 nitrogen and oxygen atoms in total. The van der Waals surface area contributed by atoms with Gasteiger partial charge in [-0.05, 0) is 32.1 Å². The highest BCUT2D eigenvalue weighted by atomic mass is 16.5. The van der Waals surface area contributed by atoms with Crippen molar-refractivity contribution in [3.63, 3.8) is 0 Å². The Morgan fingerprint density at radius 2 is 2.22 bits per heavy atom. The third kappa shape index (κ3) is 3.69. The molecule has 0 bridgehead atoms. The first-order valence-electron chi connectivity index (χ1n) is 7.79. The van der Waals surface area contributed by atoms with Crippen molar-refractivity contribution in [2.45, 2.75) is 64.6 Å². The molecule has 4 unspecified atom stereocenters. The molecule has 1 N–H and O–H groups in total. The lowest BCUT2D eigenvalue weighted by molar-refractivity contribution is -0.0272. The van der Waals surface area contributed by atoms with Crippen molar-refractivity contribution in [1.29, 1.82) is 0 Å². The van der Waals surface area contributed by atoms with Gasteiger partial charge in [0.25, 0.3) is 0 Å². The van der Waals surface area contributed by atoms with Crippen LogP contribution >= 0.6 is 0 Å². The van der Waals surface area contributed by atoms with E-state index in [1.54, 1.807) is 0 Å². The maximum absolute atomic E-state index is 5.92. The first-order valence-corrected chi connectivity index (χ1v) is 7.79. The highest BCUT2D eigenvalue weighted by Gasteiger charge is 2.31. The van der Waals surface area contributed by atoms with Crippen LogP contribution in [0.2, 0.25) is 0 Å². The fraction of sp³-hybridized carbons (Fsp3) is 1.00. The van der Waals surface area contributed by atoms with E-state index in [1.807, 2.05) is 0 Å². The summed E-state index contributed by atoms with van der Waals surface area (Å²) in [5.74, 6) is 0.772. The predicted octanol–water partition coefficient (Wildman–Crippen LogP) is 2.26. The van der Waals surface area contributed by atoms with Gasteiger partial charge < -0.3 is 10.1 Å². The van der Waals surface area contributed by atoms with Crippen LogP contribution in [-0.2, 0) is 4.74 Å². The molecule has 2 fully saturated rings. The van der Waals surface area contributed by atoms with Crippen molar-refractivity contribution < 1.29 is 4.74 Å². The van der Waals surface area contributed by atoms with Crippen LogP contribution in [0.25, 0.3) is 0 Å². The van der Waals surface area contributed by atoms with Crippen LogP contribution in [-0.4, -0.2) is 49.3 Å². The lowest BCUT2D eigenvalue weighted by Gasteiger charge is -2.44. The molecule has 2 aliphatic rings. The van der Waals surface area contributed by atoms with Gasteiger partial charge in [0.15, 0.2) is 0 Å². The third-order valence-corrected chi connectivity index (χ3v) is 4.67. The molecule has 0 radical (unpaired) electrons. The zero-order chi connectivity index (χ0) is 13.0. The van der Waals surface area contributed by atoms with Crippen molar-refractivity contribution >= 4 is 0 Å². The predicted molar refractivity (Wildman–Crippen MR) is 75.9 cm³/mol. The Balaban J connectivity index is 1.91. The lowest BCUT2D eigenvalue weighted by atomic mass is 9.94. The van der Waals surface area contributed by atoms with E-state index in [-0.39, 0.29) is 0 Å². The number of nitrogens with one attached hydrogen (secondary N) is 1. The summed E-state index contributed by atoms with van der Waals surface area (Å²) >= 11 is 0. The van der Waals surface area contributed by atoms with E-state index < -0.39 is 0 Å². The molecule has 0 aromatic rings. The largest absolute Gasteiger partial charge is 0.377 e. The highest BCUT2D eigenvalue weighted by Crippen LogP contribution is 2.21. The molecule has 0 amide bonds. The summed E-state index contributed by atoms with van der Waals surface area (Å²) in [6, 6.07) is 1.31. The molecule has 2 heterocycles. The SMILES string of the molecule is CCC(C)C1CNC(C)CN1CC1CCCCO1. The van der Waals surface area contributed by atoms with Gasteiger partial charge in [-0.15, -0.1) is 0 Å². The summed E-state index contributed by atoms with van der Waals surface area (Å²) in [7, 11) is 0. The molecule has 2 rings (SSSR count). The Bertz CT molecular complexity index is 241. The fourth-order valence-corrected chi connectivity index (χ4v) is 3.26. The molecule has 0 spiro atoms. The quantitative estimate of drug-likeness (QED) is 0.833. The second kappa shape index (κ2) is 6.88. The minimum Gasteiger partial charge on any atom is -0.377 e. The van der Waals surface area contributed by atoms with Crippen LogP contribution in [0.4, 0.5) is 0 Å². The van der Waals surface area contributed by atoms with Gasteiger partial charge in [-0.1, -0.05) is 20.3 Å². The van der Waals surface area contributed by atoms with Gasteiger partial charge in [-0.3, -0.25) is 4.90 Å². The number of rotatable bonds is 4. The first-order chi connectivity index (χ1) is 8.70. The Labute approximate surface area is 112 Å². The molecule has 4 atom stereocenters. The lowest BCUT2D eigenvalue weighted by Crippen LogP contribution is -2.59. The minimum absolute atomic E-state index is 0.482. The molecule has 3 heteroatoms. The molecule has 18 heavy (non-hydrogen) atoms. The van der Waals surface area contributed by atoms with Crippen molar-refractivity contribution in [1.82, 2.24) is 10.2 Å². The van der Waals surface area contributed by atoms with Crippen LogP contribution in [0.1, 0.15) is 46.5 Å². The van der Waals surface area contributed by atoms with Gasteiger partial charge in [0, 0.05) is 38.3 Å². The molecule has 0 aliphatic carbocycles. The summed E-state index contributed by atoms with van der Waals surface area (Å²) in [6.07, 6.45) is 5.60. The maximum Gasteiger partial charge on any atom is 0.0702 e. The number of hydrogen-bond acceptors (Lipinski definition) is 3. The zero-order valence-corrected chi connectivity index (χ0v) is 12.3. The van der Waals surface area contributed by atoms with E-state index in [1.165, 1.54) is 32.2 Å². The standard InChI is InChI=1S/C15H30N2O/c1-4-12(2)15-9-16-13(3)10-17(15)11-14-7-5-6-8-18-14/h12-16H,4-11H2,1-3H3. The second-order valence-corrected chi connectivity index (χ2v) is 6.20. The Hall–Kier alpha value is -0.120. The van der Waals surface area contributed by atoms with Crippen LogP contribution < -0.4 is 5.32 Å². The topological polar surface area (TPSA) is 24.5 Å². The fourth-order valence-electron chi connectivity index (χ4n) is 3.26. The molecule has 2 aliphatic heterocycles. The van der Waals surface area contributed by atoms with Crippen molar-refractivity contribution in [3.05, 3.63) is 0 Å². The van der Waals surface area contributed by atoms with Crippen LogP contribution in [0.15, 0.2) is 0 Å². The van der Waals surface area contributed by atoms with Gasteiger partial charge in [0.1, 0.15) is 0 Å². The molecule has 2 saturated heterocycles. The number of piperazine rings is 1. The monoisotopic (exact) mass is 254 g/mol. The number of nitrogens with zero attached hydrogens (tertiary/aromatic N) is 1. The van der Waals surface area contributed by atoms with Gasteiger partial charge in [-0.25, -0.2) is 0 Å². The third-order valence-electron chi connectivity index (χ3n) is 4.67. The summed E-state index contributed by atoms with van der Waals surface area (Å²) < 4.78 is 5.92. The Morgan fingerprint density at radius 3 is 2.89 bits per heavy atom. The van der Waals surface area contributed by atoms with Crippen LogP contribution in [0.5, 0.6) is 0 Å². The second-order valence-electron chi connectivity index (χ2n) is 6.20. The van der Waals surface area contributed by atoms with E-state index >= 15 is 0 Å². The van der Waals surface area contributed by atoms with Gasteiger partial charge in [-0.2, -0.15) is 0 Å². The Morgan fingerprint density at radius 1 is 1.39 bits per heavy atom. The average Bonchev–Trinajstić information content (AvgIpc) is 2.39. The first kappa shape index (κ1) is 14.3. The smallest absolute Gasteiger partial charge is 0.0702 e. The van der Waals surface area contributed by atoms with Crippen LogP contribution in [0.3, 0.4) is 0 Å².